The summed E-state index contributed by atoms with van der Waals surface area (Å²) in [6.45, 7) is 3.43. The van der Waals surface area contributed by atoms with Gasteiger partial charge in [-0.15, -0.1) is 0 Å². The maximum atomic E-state index is 13.3. The van der Waals surface area contributed by atoms with Crippen molar-refractivity contribution >= 4 is 5.91 Å². The first-order valence-corrected chi connectivity index (χ1v) is 9.71. The van der Waals surface area contributed by atoms with Gasteiger partial charge in [0.05, 0.1) is 26.6 Å². The second-order valence-corrected chi connectivity index (χ2v) is 7.27. The van der Waals surface area contributed by atoms with Crippen molar-refractivity contribution in [2.24, 2.45) is 0 Å². The molecule has 150 valence electrons. The van der Waals surface area contributed by atoms with Crippen LogP contribution < -0.4 is 9.47 Å². The minimum Gasteiger partial charge on any atom is -0.493 e. The molecule has 1 aliphatic rings. The molecule has 3 aromatic rings. The van der Waals surface area contributed by atoms with E-state index in [4.69, 9.17) is 9.47 Å². The smallest absolute Gasteiger partial charge is 0.254 e. The lowest BCUT2D eigenvalue weighted by atomic mass is 9.92. The van der Waals surface area contributed by atoms with Crippen molar-refractivity contribution in [3.63, 3.8) is 0 Å². The molecule has 6 nitrogen and oxygen atoms in total. The Morgan fingerprint density at radius 3 is 2.69 bits per heavy atom. The predicted octanol–water partition coefficient (Wildman–Crippen LogP) is 3.71. The number of carbonyl (C=O) groups excluding carboxylic acids is 1. The number of benzene rings is 2. The minimum atomic E-state index is -0.0386. The van der Waals surface area contributed by atoms with Gasteiger partial charge in [0.2, 0.25) is 0 Å². The number of aromatic nitrogens is 2. The van der Waals surface area contributed by atoms with Crippen molar-refractivity contribution in [2.75, 3.05) is 20.8 Å². The number of amides is 1. The summed E-state index contributed by atoms with van der Waals surface area (Å²) in [6, 6.07) is 11.8. The van der Waals surface area contributed by atoms with E-state index in [1.165, 1.54) is 5.56 Å². The van der Waals surface area contributed by atoms with Crippen LogP contribution in [0.4, 0.5) is 0 Å². The van der Waals surface area contributed by atoms with Crippen molar-refractivity contribution in [2.45, 2.75) is 25.9 Å². The number of ether oxygens (including phenoxy) is 2. The van der Waals surface area contributed by atoms with Gasteiger partial charge in [0.15, 0.2) is 11.5 Å². The van der Waals surface area contributed by atoms with E-state index >= 15 is 0 Å². The molecule has 1 atom stereocenters. The summed E-state index contributed by atoms with van der Waals surface area (Å²) < 4.78 is 12.9. The predicted molar refractivity (Wildman–Crippen MR) is 110 cm³/mol. The Morgan fingerprint density at radius 1 is 1.17 bits per heavy atom. The molecule has 2 aromatic carbocycles. The Morgan fingerprint density at radius 2 is 1.97 bits per heavy atom. The zero-order chi connectivity index (χ0) is 20.4. The second kappa shape index (κ2) is 7.99. The van der Waals surface area contributed by atoms with Crippen LogP contribution in [-0.2, 0) is 13.0 Å². The van der Waals surface area contributed by atoms with Crippen molar-refractivity contribution in [1.82, 2.24) is 14.5 Å². The molecule has 1 aliphatic heterocycles. The molecule has 0 saturated heterocycles. The van der Waals surface area contributed by atoms with E-state index in [1.807, 2.05) is 52.1 Å². The Bertz CT molecular complexity index is 1010. The van der Waals surface area contributed by atoms with E-state index in [0.717, 1.165) is 23.3 Å². The van der Waals surface area contributed by atoms with Gasteiger partial charge in [-0.2, -0.15) is 0 Å². The third-order valence-electron chi connectivity index (χ3n) is 5.54. The van der Waals surface area contributed by atoms with Crippen LogP contribution in [0.2, 0.25) is 0 Å². The summed E-state index contributed by atoms with van der Waals surface area (Å²) in [6.07, 6.45) is 6.24. The van der Waals surface area contributed by atoms with Gasteiger partial charge in [0.25, 0.3) is 5.91 Å². The summed E-state index contributed by atoms with van der Waals surface area (Å²) in [5.74, 6) is 1.46. The quantitative estimate of drug-likeness (QED) is 0.665. The van der Waals surface area contributed by atoms with E-state index < -0.39 is 0 Å². The van der Waals surface area contributed by atoms with E-state index in [0.29, 0.717) is 24.4 Å². The van der Waals surface area contributed by atoms with Crippen molar-refractivity contribution in [3.8, 4) is 11.5 Å². The van der Waals surface area contributed by atoms with Gasteiger partial charge < -0.3 is 18.9 Å². The lowest BCUT2D eigenvalue weighted by molar-refractivity contribution is 0.0677. The SMILES string of the molecule is COc1cc2c(cc1OC)C(C)N(C(=O)c1cccc(Cn3ccnc3)c1)CC2. The van der Waals surface area contributed by atoms with Gasteiger partial charge >= 0.3 is 0 Å². The molecule has 29 heavy (non-hydrogen) atoms. The minimum absolute atomic E-state index is 0.0386. The number of methoxy groups -OCH3 is 2. The first kappa shape index (κ1) is 19.1. The zero-order valence-corrected chi connectivity index (χ0v) is 17.0. The zero-order valence-electron chi connectivity index (χ0n) is 17.0. The van der Waals surface area contributed by atoms with Gasteiger partial charge in [-0.25, -0.2) is 4.98 Å². The summed E-state index contributed by atoms with van der Waals surface area (Å²) in [5, 5.41) is 0. The molecule has 0 fully saturated rings. The van der Waals surface area contributed by atoms with Crippen LogP contribution in [-0.4, -0.2) is 41.1 Å². The fourth-order valence-electron chi connectivity index (χ4n) is 3.98. The molecule has 0 radical (unpaired) electrons. The Hall–Kier alpha value is -3.28. The molecule has 0 saturated carbocycles. The Kier molecular flexibility index (Phi) is 5.25. The number of rotatable bonds is 5. The highest BCUT2D eigenvalue weighted by Gasteiger charge is 2.29. The molecule has 1 aromatic heterocycles. The Labute approximate surface area is 170 Å². The van der Waals surface area contributed by atoms with Crippen molar-refractivity contribution < 1.29 is 14.3 Å². The van der Waals surface area contributed by atoms with Crippen LogP contribution in [0.25, 0.3) is 0 Å². The van der Waals surface area contributed by atoms with Crippen LogP contribution in [0.15, 0.2) is 55.1 Å². The number of carbonyl (C=O) groups is 1. The van der Waals surface area contributed by atoms with Crippen LogP contribution >= 0.6 is 0 Å². The molecular formula is C23H25N3O3. The van der Waals surface area contributed by atoms with Crippen molar-refractivity contribution in [3.05, 3.63) is 77.4 Å². The fourth-order valence-corrected chi connectivity index (χ4v) is 3.98. The maximum absolute atomic E-state index is 13.3. The first-order valence-electron chi connectivity index (χ1n) is 9.71. The number of fused-ring (bicyclic) bond motifs is 1. The lowest BCUT2D eigenvalue weighted by Gasteiger charge is -2.36. The molecule has 4 rings (SSSR count). The largest absolute Gasteiger partial charge is 0.493 e. The lowest BCUT2D eigenvalue weighted by Crippen LogP contribution is -2.39. The van der Waals surface area contributed by atoms with E-state index in [2.05, 4.69) is 11.9 Å². The van der Waals surface area contributed by atoms with Crippen molar-refractivity contribution in [1.29, 1.82) is 0 Å². The van der Waals surface area contributed by atoms with E-state index in [1.54, 1.807) is 26.7 Å². The highest BCUT2D eigenvalue weighted by atomic mass is 16.5. The van der Waals surface area contributed by atoms with Gasteiger partial charge in [0.1, 0.15) is 0 Å². The second-order valence-electron chi connectivity index (χ2n) is 7.27. The van der Waals surface area contributed by atoms with Gasteiger partial charge in [-0.3, -0.25) is 4.79 Å². The monoisotopic (exact) mass is 391 g/mol. The topological polar surface area (TPSA) is 56.6 Å². The molecule has 2 heterocycles. The molecule has 0 aliphatic carbocycles. The summed E-state index contributed by atoms with van der Waals surface area (Å²) in [5.41, 5.74) is 4.09. The number of imidazole rings is 1. The van der Waals surface area contributed by atoms with Crippen LogP contribution in [0.3, 0.4) is 0 Å². The highest BCUT2D eigenvalue weighted by Crippen LogP contribution is 2.38. The maximum Gasteiger partial charge on any atom is 0.254 e. The summed E-state index contributed by atoms with van der Waals surface area (Å²) >= 11 is 0. The third kappa shape index (κ3) is 3.70. The molecule has 1 unspecified atom stereocenters. The van der Waals surface area contributed by atoms with Gasteiger partial charge in [0, 0.05) is 31.0 Å². The highest BCUT2D eigenvalue weighted by molar-refractivity contribution is 5.95. The first-order chi connectivity index (χ1) is 14.1. The normalized spacial score (nSPS) is 15.7. The standard InChI is InChI=1S/C23H25N3O3/c1-16-20-13-22(29-3)21(28-2)12-18(20)7-9-26(16)23(27)19-6-4-5-17(11-19)14-25-10-8-24-15-25/h4-6,8,10-13,15-16H,7,9,14H2,1-3H3. The molecule has 0 N–H and O–H groups in total. The third-order valence-corrected chi connectivity index (χ3v) is 5.54. The average molecular weight is 391 g/mol. The Balaban J connectivity index is 1.59. The molecular weight excluding hydrogens is 366 g/mol. The number of hydrogen-bond acceptors (Lipinski definition) is 4. The van der Waals surface area contributed by atoms with Gasteiger partial charge in [-0.1, -0.05) is 12.1 Å². The molecule has 1 amide bonds. The van der Waals surface area contributed by atoms with Crippen LogP contribution in [0.5, 0.6) is 11.5 Å². The average Bonchev–Trinajstić information content (AvgIpc) is 3.26. The van der Waals surface area contributed by atoms with E-state index in [9.17, 15) is 4.79 Å². The van der Waals surface area contributed by atoms with Gasteiger partial charge in [-0.05, 0) is 54.3 Å². The molecule has 0 bridgehead atoms. The number of nitrogens with zero attached hydrogens (tertiary/aromatic N) is 3. The molecule has 0 spiro atoms. The van der Waals surface area contributed by atoms with E-state index in [-0.39, 0.29) is 11.9 Å². The van der Waals surface area contributed by atoms with Crippen LogP contribution in [0, 0.1) is 0 Å². The molecule has 6 heteroatoms. The summed E-state index contributed by atoms with van der Waals surface area (Å²) in [4.78, 5) is 19.3. The summed E-state index contributed by atoms with van der Waals surface area (Å²) in [7, 11) is 3.27. The fraction of sp³-hybridized carbons (Fsp3) is 0.304. The number of hydrogen-bond donors (Lipinski definition) is 0. The van der Waals surface area contributed by atoms with Crippen LogP contribution in [0.1, 0.15) is 40.0 Å².